The normalized spacial score (nSPS) is 26.5. The topological polar surface area (TPSA) is 0 Å². The van der Waals surface area contributed by atoms with Crippen molar-refractivity contribution in [2.75, 3.05) is 5.33 Å². The maximum atomic E-state index is 12.2. The highest BCUT2D eigenvalue weighted by Gasteiger charge is 2.68. The van der Waals surface area contributed by atoms with Crippen LogP contribution in [0.3, 0.4) is 0 Å². The third-order valence-corrected chi connectivity index (χ3v) is 3.12. The van der Waals surface area contributed by atoms with Gasteiger partial charge in [-0.3, -0.25) is 0 Å². The van der Waals surface area contributed by atoms with E-state index in [0.29, 0.717) is 0 Å². The highest BCUT2D eigenvalue weighted by atomic mass is 79.9. The minimum Gasteiger partial charge on any atom is -0.207 e. The van der Waals surface area contributed by atoms with Gasteiger partial charge in [-0.1, -0.05) is 15.9 Å². The summed E-state index contributed by atoms with van der Waals surface area (Å²) in [7, 11) is 0. The summed E-state index contributed by atoms with van der Waals surface area (Å²) in [4.78, 5) is 0. The van der Waals surface area contributed by atoms with Crippen molar-refractivity contribution in [1.82, 2.24) is 0 Å². The number of hydrogen-bond acceptors (Lipinski definition) is 0. The summed E-state index contributed by atoms with van der Waals surface area (Å²) in [5, 5.41) is -0.445. The first-order chi connectivity index (χ1) is 5.22. The van der Waals surface area contributed by atoms with Crippen LogP contribution in [0.5, 0.6) is 0 Å². The van der Waals surface area contributed by atoms with Crippen LogP contribution >= 0.6 is 15.9 Å². The molecule has 1 fully saturated rings. The molecule has 1 saturated carbocycles. The lowest BCUT2D eigenvalue weighted by atomic mass is 9.67. The molecular formula is C6H6BrF5. The Morgan fingerprint density at radius 2 is 1.58 bits per heavy atom. The summed E-state index contributed by atoms with van der Waals surface area (Å²) in [5.41, 5.74) is -2.20. The quantitative estimate of drug-likeness (QED) is 0.496. The van der Waals surface area contributed by atoms with Crippen LogP contribution in [0.15, 0.2) is 0 Å². The molecule has 0 aromatic heterocycles. The fourth-order valence-electron chi connectivity index (χ4n) is 1.31. The van der Waals surface area contributed by atoms with Gasteiger partial charge >= 0.3 is 6.18 Å². The van der Waals surface area contributed by atoms with Gasteiger partial charge in [0.05, 0.1) is 5.41 Å². The number of halogens is 6. The third kappa shape index (κ3) is 1.45. The average Bonchev–Trinajstić information content (AvgIpc) is 1.78. The molecule has 72 valence electrons. The molecule has 0 aliphatic heterocycles. The van der Waals surface area contributed by atoms with Crippen LogP contribution in [-0.4, -0.2) is 17.4 Å². The van der Waals surface area contributed by atoms with Crippen molar-refractivity contribution < 1.29 is 22.0 Å². The smallest absolute Gasteiger partial charge is 0.207 e. The lowest BCUT2D eigenvalue weighted by molar-refractivity contribution is -0.298. The van der Waals surface area contributed by atoms with Crippen molar-refractivity contribution in [2.24, 2.45) is 5.41 Å². The fraction of sp³-hybridized carbons (Fsp3) is 1.00. The van der Waals surface area contributed by atoms with E-state index in [2.05, 4.69) is 15.9 Å². The van der Waals surface area contributed by atoms with Crippen LogP contribution in [-0.2, 0) is 0 Å². The molecule has 1 aliphatic rings. The molecule has 0 heterocycles. The largest absolute Gasteiger partial charge is 0.395 e. The summed E-state index contributed by atoms with van der Waals surface area (Å²) < 4.78 is 60.9. The lowest BCUT2D eigenvalue weighted by Gasteiger charge is -2.47. The van der Waals surface area contributed by atoms with Gasteiger partial charge in [0.15, 0.2) is 0 Å². The van der Waals surface area contributed by atoms with E-state index in [1.165, 1.54) is 0 Å². The molecule has 0 N–H and O–H groups in total. The molecule has 0 atom stereocenters. The highest BCUT2D eigenvalue weighted by Crippen LogP contribution is 2.60. The second-order valence-corrected chi connectivity index (χ2v) is 3.68. The minimum atomic E-state index is -4.53. The third-order valence-electron chi connectivity index (χ3n) is 2.05. The first kappa shape index (κ1) is 10.2. The summed E-state index contributed by atoms with van der Waals surface area (Å²) in [5.74, 6) is -3.14. The Kier molecular flexibility index (Phi) is 2.18. The van der Waals surface area contributed by atoms with Gasteiger partial charge in [-0.25, -0.2) is 8.78 Å². The molecular weight excluding hydrogens is 247 g/mol. The van der Waals surface area contributed by atoms with Gasteiger partial charge in [-0.05, 0) is 0 Å². The first-order valence-corrected chi connectivity index (χ1v) is 4.35. The Labute approximate surface area is 74.3 Å². The second kappa shape index (κ2) is 2.56. The van der Waals surface area contributed by atoms with Crippen molar-refractivity contribution in [2.45, 2.75) is 24.9 Å². The molecule has 0 nitrogen and oxygen atoms in total. The zero-order valence-corrected chi connectivity index (χ0v) is 7.48. The van der Waals surface area contributed by atoms with Crippen LogP contribution in [0.4, 0.5) is 22.0 Å². The standard InChI is InChI=1S/C6H6BrF5/c7-3-4(6(10,11)12)1-5(8,9)2-4/h1-3H2. The zero-order valence-electron chi connectivity index (χ0n) is 5.89. The molecule has 0 saturated heterocycles. The van der Waals surface area contributed by atoms with Crippen LogP contribution in [0, 0.1) is 5.41 Å². The van der Waals surface area contributed by atoms with E-state index in [0.717, 1.165) is 0 Å². The summed E-state index contributed by atoms with van der Waals surface area (Å²) in [6.07, 6.45) is -6.71. The Morgan fingerprint density at radius 1 is 1.17 bits per heavy atom. The second-order valence-electron chi connectivity index (χ2n) is 3.12. The number of alkyl halides is 6. The molecule has 0 spiro atoms. The minimum absolute atomic E-state index is 0.445. The maximum Gasteiger partial charge on any atom is 0.395 e. The van der Waals surface area contributed by atoms with E-state index in [1.807, 2.05) is 0 Å². The van der Waals surface area contributed by atoms with E-state index >= 15 is 0 Å². The van der Waals surface area contributed by atoms with Crippen molar-refractivity contribution in [3.63, 3.8) is 0 Å². The molecule has 0 unspecified atom stereocenters. The SMILES string of the molecule is FC1(F)CC(CBr)(C(F)(F)F)C1. The average molecular weight is 253 g/mol. The molecule has 0 amide bonds. The van der Waals surface area contributed by atoms with E-state index in [4.69, 9.17) is 0 Å². The Bertz CT molecular complexity index is 177. The van der Waals surface area contributed by atoms with Crippen molar-refractivity contribution in [3.05, 3.63) is 0 Å². The Hall–Kier alpha value is 0.130. The predicted octanol–water partition coefficient (Wildman–Crippen LogP) is 3.36. The monoisotopic (exact) mass is 252 g/mol. The van der Waals surface area contributed by atoms with E-state index in [-0.39, 0.29) is 0 Å². The van der Waals surface area contributed by atoms with Crippen LogP contribution in [0.1, 0.15) is 12.8 Å². The predicted molar refractivity (Wildman–Crippen MR) is 36.5 cm³/mol. The van der Waals surface area contributed by atoms with Gasteiger partial charge in [-0.15, -0.1) is 0 Å². The fourth-order valence-corrected chi connectivity index (χ4v) is 2.02. The molecule has 0 aromatic rings. The van der Waals surface area contributed by atoms with Gasteiger partial charge in [0.1, 0.15) is 0 Å². The van der Waals surface area contributed by atoms with E-state index in [9.17, 15) is 22.0 Å². The van der Waals surface area contributed by atoms with Crippen LogP contribution in [0.25, 0.3) is 0 Å². The lowest BCUT2D eigenvalue weighted by Crippen LogP contribution is -2.55. The molecule has 1 aliphatic carbocycles. The zero-order chi connectivity index (χ0) is 9.62. The number of rotatable bonds is 1. The van der Waals surface area contributed by atoms with Gasteiger partial charge in [0.2, 0.25) is 5.92 Å². The molecule has 0 aromatic carbocycles. The molecule has 0 radical (unpaired) electrons. The van der Waals surface area contributed by atoms with Crippen LogP contribution in [0.2, 0.25) is 0 Å². The van der Waals surface area contributed by atoms with Gasteiger partial charge in [0, 0.05) is 18.2 Å². The van der Waals surface area contributed by atoms with Crippen LogP contribution < -0.4 is 0 Å². The summed E-state index contributed by atoms with van der Waals surface area (Å²) in [6.45, 7) is 0. The Morgan fingerprint density at radius 3 is 1.67 bits per heavy atom. The van der Waals surface area contributed by atoms with E-state index in [1.54, 1.807) is 0 Å². The molecule has 1 rings (SSSR count). The molecule has 0 bridgehead atoms. The highest BCUT2D eigenvalue weighted by molar-refractivity contribution is 9.09. The van der Waals surface area contributed by atoms with Gasteiger partial charge in [-0.2, -0.15) is 13.2 Å². The molecule has 12 heavy (non-hydrogen) atoms. The Balaban J connectivity index is 2.72. The van der Waals surface area contributed by atoms with Crippen molar-refractivity contribution >= 4 is 15.9 Å². The maximum absolute atomic E-state index is 12.2. The van der Waals surface area contributed by atoms with Gasteiger partial charge in [0.25, 0.3) is 0 Å². The first-order valence-electron chi connectivity index (χ1n) is 3.23. The van der Waals surface area contributed by atoms with E-state index < -0.39 is 35.7 Å². The van der Waals surface area contributed by atoms with Crippen molar-refractivity contribution in [1.29, 1.82) is 0 Å². The molecule has 6 heteroatoms. The summed E-state index contributed by atoms with van der Waals surface area (Å²) in [6, 6.07) is 0. The summed E-state index contributed by atoms with van der Waals surface area (Å²) >= 11 is 2.62. The number of hydrogen-bond donors (Lipinski definition) is 0. The van der Waals surface area contributed by atoms with Gasteiger partial charge < -0.3 is 0 Å². The van der Waals surface area contributed by atoms with Crippen molar-refractivity contribution in [3.8, 4) is 0 Å².